The third-order valence-corrected chi connectivity index (χ3v) is 5.90. The molecule has 5 heteroatoms. The van der Waals surface area contributed by atoms with Gasteiger partial charge in [0.1, 0.15) is 6.10 Å². The lowest BCUT2D eigenvalue weighted by Crippen LogP contribution is -2.65. The molecule has 114 valence electrons. The molecule has 5 atom stereocenters. The first kappa shape index (κ1) is 14.3. The number of ether oxygens (including phenoxy) is 2. The van der Waals surface area contributed by atoms with Gasteiger partial charge in [-0.3, -0.25) is 0 Å². The maximum atomic E-state index is 12.1. The van der Waals surface area contributed by atoms with Crippen molar-refractivity contribution in [2.24, 2.45) is 16.7 Å². The molecule has 0 aromatic carbocycles. The van der Waals surface area contributed by atoms with Crippen LogP contribution in [0.3, 0.4) is 0 Å². The van der Waals surface area contributed by atoms with Crippen molar-refractivity contribution in [1.29, 1.82) is 0 Å². The second-order valence-electron chi connectivity index (χ2n) is 7.46. The normalized spacial score (nSPS) is 49.5. The third-order valence-electron chi connectivity index (χ3n) is 5.90. The number of carbonyl (C=O) groups is 1. The van der Waals surface area contributed by atoms with E-state index < -0.39 is 23.8 Å². The fourth-order valence-electron chi connectivity index (χ4n) is 5.19. The summed E-state index contributed by atoms with van der Waals surface area (Å²) >= 11 is 0. The van der Waals surface area contributed by atoms with Crippen LogP contribution in [-0.4, -0.2) is 47.7 Å². The first-order chi connectivity index (χ1) is 9.29. The van der Waals surface area contributed by atoms with Crippen LogP contribution in [0.25, 0.3) is 0 Å². The topological polar surface area (TPSA) is 76.0 Å². The van der Waals surface area contributed by atoms with E-state index in [1.165, 1.54) is 7.11 Å². The van der Waals surface area contributed by atoms with Gasteiger partial charge < -0.3 is 19.7 Å². The van der Waals surface area contributed by atoms with Gasteiger partial charge >= 0.3 is 5.97 Å². The van der Waals surface area contributed by atoms with Crippen LogP contribution in [0, 0.1) is 16.7 Å². The molecule has 0 aromatic rings. The molecular formula is C15H24O5. The summed E-state index contributed by atoms with van der Waals surface area (Å²) < 4.78 is 10.6. The number of esters is 1. The molecule has 3 aliphatic rings. The summed E-state index contributed by atoms with van der Waals surface area (Å²) in [6, 6.07) is 0. The van der Waals surface area contributed by atoms with Gasteiger partial charge in [0.15, 0.2) is 5.60 Å². The molecule has 0 aromatic heterocycles. The molecule has 0 radical (unpaired) electrons. The minimum absolute atomic E-state index is 0.0426. The van der Waals surface area contributed by atoms with Crippen LogP contribution in [0.1, 0.15) is 39.5 Å². The van der Waals surface area contributed by atoms with E-state index in [0.29, 0.717) is 13.0 Å². The second kappa shape index (κ2) is 4.18. The molecule has 3 fully saturated rings. The van der Waals surface area contributed by atoms with Gasteiger partial charge in [0.2, 0.25) is 0 Å². The van der Waals surface area contributed by atoms with Gasteiger partial charge in [0, 0.05) is 11.3 Å². The first-order valence-corrected chi connectivity index (χ1v) is 7.38. The Labute approximate surface area is 119 Å². The van der Waals surface area contributed by atoms with E-state index in [0.717, 1.165) is 19.3 Å². The van der Waals surface area contributed by atoms with Crippen molar-refractivity contribution in [2.45, 2.75) is 57.3 Å². The third kappa shape index (κ3) is 1.57. The Kier molecular flexibility index (Phi) is 2.99. The van der Waals surface area contributed by atoms with E-state index >= 15 is 0 Å². The van der Waals surface area contributed by atoms with Crippen LogP contribution in [0.2, 0.25) is 0 Å². The van der Waals surface area contributed by atoms with Crippen molar-refractivity contribution in [3.63, 3.8) is 0 Å². The van der Waals surface area contributed by atoms with Crippen molar-refractivity contribution in [3.8, 4) is 0 Å². The molecule has 2 aliphatic carbocycles. The Balaban J connectivity index is 2.05. The second-order valence-corrected chi connectivity index (χ2v) is 7.46. The first-order valence-electron chi connectivity index (χ1n) is 7.38. The van der Waals surface area contributed by atoms with Crippen LogP contribution in [0.15, 0.2) is 0 Å². The highest BCUT2D eigenvalue weighted by Crippen LogP contribution is 2.63. The highest BCUT2D eigenvalue weighted by molar-refractivity contribution is 5.81. The number of carbonyl (C=O) groups excluding carboxylic acids is 1. The van der Waals surface area contributed by atoms with E-state index in [9.17, 15) is 15.0 Å². The fourth-order valence-corrected chi connectivity index (χ4v) is 5.19. The Bertz CT molecular complexity index is 434. The Morgan fingerprint density at radius 3 is 2.65 bits per heavy atom. The molecule has 20 heavy (non-hydrogen) atoms. The molecule has 5 nitrogen and oxygen atoms in total. The zero-order valence-corrected chi connectivity index (χ0v) is 12.4. The van der Waals surface area contributed by atoms with Gasteiger partial charge in [0.05, 0.1) is 19.8 Å². The van der Waals surface area contributed by atoms with Gasteiger partial charge in [0.25, 0.3) is 0 Å². The van der Waals surface area contributed by atoms with Crippen molar-refractivity contribution in [1.82, 2.24) is 0 Å². The number of rotatable bonds is 1. The Hall–Kier alpha value is -0.650. The molecule has 3 rings (SSSR count). The van der Waals surface area contributed by atoms with E-state index in [1.54, 1.807) is 0 Å². The predicted molar refractivity (Wildman–Crippen MR) is 70.9 cm³/mol. The minimum Gasteiger partial charge on any atom is -0.467 e. The van der Waals surface area contributed by atoms with Gasteiger partial charge in [-0.25, -0.2) is 4.79 Å². The van der Waals surface area contributed by atoms with Crippen molar-refractivity contribution in [2.75, 3.05) is 13.7 Å². The van der Waals surface area contributed by atoms with Crippen LogP contribution >= 0.6 is 0 Å². The SMILES string of the molecule is COC(=O)[C@]12C[C@@]3(CCCC(C)(C)[C@H]3[C@H](O)[C@@H]1O)CO2. The number of aliphatic hydroxyl groups is 2. The molecule has 1 saturated heterocycles. The van der Waals surface area contributed by atoms with Crippen molar-refractivity contribution < 1.29 is 24.5 Å². The lowest BCUT2D eigenvalue weighted by Gasteiger charge is -2.56. The van der Waals surface area contributed by atoms with Gasteiger partial charge in [-0.15, -0.1) is 0 Å². The number of methoxy groups -OCH3 is 1. The fraction of sp³-hybridized carbons (Fsp3) is 0.933. The average Bonchev–Trinajstić information content (AvgIpc) is 2.72. The van der Waals surface area contributed by atoms with E-state index in [-0.39, 0.29) is 16.7 Å². The zero-order chi connectivity index (χ0) is 14.8. The monoisotopic (exact) mass is 284 g/mol. The van der Waals surface area contributed by atoms with E-state index in [1.807, 2.05) is 0 Å². The van der Waals surface area contributed by atoms with Crippen LogP contribution in [0.5, 0.6) is 0 Å². The average molecular weight is 284 g/mol. The van der Waals surface area contributed by atoms with Crippen molar-refractivity contribution >= 4 is 5.97 Å². The van der Waals surface area contributed by atoms with E-state index in [2.05, 4.69) is 13.8 Å². The summed E-state index contributed by atoms with van der Waals surface area (Å²) in [4.78, 5) is 12.1. The number of hydrogen-bond acceptors (Lipinski definition) is 5. The quantitative estimate of drug-likeness (QED) is 0.699. The molecule has 0 amide bonds. The highest BCUT2D eigenvalue weighted by atomic mass is 16.6. The summed E-state index contributed by atoms with van der Waals surface area (Å²) in [5, 5.41) is 21.2. The highest BCUT2D eigenvalue weighted by Gasteiger charge is 2.71. The number of fused-ring (bicyclic) bond motifs is 1. The minimum atomic E-state index is -1.38. The largest absolute Gasteiger partial charge is 0.467 e. The zero-order valence-electron chi connectivity index (χ0n) is 12.4. The van der Waals surface area contributed by atoms with Gasteiger partial charge in [-0.2, -0.15) is 0 Å². The standard InChI is InChI=1S/C15H24O5/c1-13(2)5-4-6-14-7-15(20-8-14,12(18)19-3)11(17)9(16)10(13)14/h9-11,16-17H,4-8H2,1-3H3/t9-,10+,11-,14-,15-/m0/s1. The summed E-state index contributed by atoms with van der Waals surface area (Å²) in [5.74, 6) is -0.609. The summed E-state index contributed by atoms with van der Waals surface area (Å²) in [7, 11) is 1.29. The molecule has 2 N–H and O–H groups in total. The molecule has 1 heterocycles. The maximum Gasteiger partial charge on any atom is 0.341 e. The lowest BCUT2D eigenvalue weighted by atomic mass is 9.48. The number of aliphatic hydroxyl groups excluding tert-OH is 2. The molecule has 2 bridgehead atoms. The molecule has 1 spiro atoms. The van der Waals surface area contributed by atoms with Gasteiger partial charge in [-0.05, 0) is 24.7 Å². The Morgan fingerprint density at radius 1 is 1.30 bits per heavy atom. The summed E-state index contributed by atoms with van der Waals surface area (Å²) in [6.45, 7) is 4.69. The predicted octanol–water partition coefficient (Wildman–Crippen LogP) is 0.867. The van der Waals surface area contributed by atoms with Gasteiger partial charge in [-0.1, -0.05) is 20.3 Å². The maximum absolute atomic E-state index is 12.1. The summed E-state index contributed by atoms with van der Waals surface area (Å²) in [6.07, 6.45) is 1.32. The lowest BCUT2D eigenvalue weighted by molar-refractivity contribution is -0.207. The van der Waals surface area contributed by atoms with Crippen molar-refractivity contribution in [3.05, 3.63) is 0 Å². The van der Waals surface area contributed by atoms with Crippen LogP contribution in [-0.2, 0) is 14.3 Å². The van der Waals surface area contributed by atoms with E-state index in [4.69, 9.17) is 9.47 Å². The number of hydrogen-bond donors (Lipinski definition) is 2. The molecular weight excluding hydrogens is 260 g/mol. The van der Waals surface area contributed by atoms with Crippen LogP contribution in [0.4, 0.5) is 0 Å². The smallest absolute Gasteiger partial charge is 0.341 e. The van der Waals surface area contributed by atoms with Crippen LogP contribution < -0.4 is 0 Å². The molecule has 2 saturated carbocycles. The Morgan fingerprint density at radius 2 is 2.00 bits per heavy atom. The molecule has 1 aliphatic heterocycles. The molecule has 0 unspecified atom stereocenters. The summed E-state index contributed by atoms with van der Waals surface area (Å²) in [5.41, 5.74) is -1.65.